The summed E-state index contributed by atoms with van der Waals surface area (Å²) in [5.74, 6) is 0.0294. The number of rotatable bonds is 3. The van der Waals surface area contributed by atoms with Crippen LogP contribution in [0.25, 0.3) is 0 Å². The van der Waals surface area contributed by atoms with Gasteiger partial charge in [-0.15, -0.1) is 0 Å². The zero-order valence-electron chi connectivity index (χ0n) is 10.3. The molecule has 0 aromatic carbocycles. The Labute approximate surface area is 92.6 Å². The normalized spacial score (nSPS) is 26.7. The topological polar surface area (TPSA) is 38.3 Å². The van der Waals surface area contributed by atoms with E-state index in [-0.39, 0.29) is 23.3 Å². The maximum absolute atomic E-state index is 11.7. The van der Waals surface area contributed by atoms with Crippen molar-refractivity contribution in [3.63, 3.8) is 0 Å². The number of esters is 1. The van der Waals surface area contributed by atoms with Crippen molar-refractivity contribution < 1.29 is 9.53 Å². The van der Waals surface area contributed by atoms with E-state index in [4.69, 9.17) is 4.74 Å². The van der Waals surface area contributed by atoms with Gasteiger partial charge >= 0.3 is 5.97 Å². The first-order valence-electron chi connectivity index (χ1n) is 5.80. The molecule has 0 bridgehead atoms. The van der Waals surface area contributed by atoms with Gasteiger partial charge in [-0.05, 0) is 31.7 Å². The highest BCUT2D eigenvalue weighted by Gasteiger charge is 2.30. The van der Waals surface area contributed by atoms with E-state index in [1.54, 1.807) is 0 Å². The van der Waals surface area contributed by atoms with Gasteiger partial charge in [0.15, 0.2) is 0 Å². The molecule has 1 N–H and O–H groups in total. The molecule has 2 unspecified atom stereocenters. The van der Waals surface area contributed by atoms with Crippen LogP contribution in [-0.4, -0.2) is 25.2 Å². The summed E-state index contributed by atoms with van der Waals surface area (Å²) in [4.78, 5) is 11.7. The molecule has 1 fully saturated rings. The van der Waals surface area contributed by atoms with Gasteiger partial charge in [-0.1, -0.05) is 20.8 Å². The van der Waals surface area contributed by atoms with E-state index >= 15 is 0 Å². The molecule has 15 heavy (non-hydrogen) atoms. The first-order chi connectivity index (χ1) is 6.90. The third kappa shape index (κ3) is 4.20. The van der Waals surface area contributed by atoms with Crippen molar-refractivity contribution in [1.82, 2.24) is 5.32 Å². The molecule has 1 saturated heterocycles. The highest BCUT2D eigenvalue weighted by Crippen LogP contribution is 2.20. The molecule has 3 nitrogen and oxygen atoms in total. The van der Waals surface area contributed by atoms with E-state index in [0.29, 0.717) is 6.61 Å². The lowest BCUT2D eigenvalue weighted by molar-refractivity contribution is -0.149. The minimum absolute atomic E-state index is 0.0308. The van der Waals surface area contributed by atoms with Crippen molar-refractivity contribution in [3.05, 3.63) is 0 Å². The number of ether oxygens (including phenoxy) is 1. The van der Waals surface area contributed by atoms with Gasteiger partial charge in [0.25, 0.3) is 0 Å². The predicted molar refractivity (Wildman–Crippen MR) is 60.6 cm³/mol. The lowest BCUT2D eigenvalue weighted by atomic mass is 9.93. The highest BCUT2D eigenvalue weighted by atomic mass is 16.5. The van der Waals surface area contributed by atoms with Gasteiger partial charge < -0.3 is 10.1 Å². The van der Waals surface area contributed by atoms with Gasteiger partial charge in [-0.3, -0.25) is 4.79 Å². The number of carbonyl (C=O) groups excluding carboxylic acids is 1. The Morgan fingerprint density at radius 2 is 2.13 bits per heavy atom. The molecule has 1 aliphatic rings. The second-order valence-corrected chi connectivity index (χ2v) is 5.62. The number of hydrogen-bond acceptors (Lipinski definition) is 3. The first kappa shape index (κ1) is 12.5. The molecule has 0 aromatic heterocycles. The molecule has 3 heteroatoms. The molecular formula is C12H23NO2. The summed E-state index contributed by atoms with van der Waals surface area (Å²) in [7, 11) is 0. The van der Waals surface area contributed by atoms with Crippen LogP contribution >= 0.6 is 0 Å². The van der Waals surface area contributed by atoms with Crippen molar-refractivity contribution in [2.75, 3.05) is 13.2 Å². The van der Waals surface area contributed by atoms with Gasteiger partial charge in [0, 0.05) is 6.04 Å². The van der Waals surface area contributed by atoms with Crippen molar-refractivity contribution in [3.8, 4) is 0 Å². The van der Waals surface area contributed by atoms with Gasteiger partial charge in [0.1, 0.15) is 0 Å². The molecule has 88 valence electrons. The fourth-order valence-electron chi connectivity index (χ4n) is 1.75. The molecule has 0 amide bonds. The van der Waals surface area contributed by atoms with Crippen LogP contribution in [0.3, 0.4) is 0 Å². The molecule has 1 aliphatic heterocycles. The number of nitrogens with one attached hydrogen (secondary N) is 1. The second kappa shape index (κ2) is 4.97. The van der Waals surface area contributed by atoms with Crippen LogP contribution in [-0.2, 0) is 9.53 Å². The Morgan fingerprint density at radius 3 is 2.60 bits per heavy atom. The van der Waals surface area contributed by atoms with Crippen molar-refractivity contribution >= 4 is 5.97 Å². The molecule has 2 atom stereocenters. The highest BCUT2D eigenvalue weighted by molar-refractivity contribution is 5.73. The van der Waals surface area contributed by atoms with E-state index in [1.807, 2.05) is 6.92 Å². The van der Waals surface area contributed by atoms with E-state index in [2.05, 4.69) is 26.1 Å². The maximum atomic E-state index is 11.7. The van der Waals surface area contributed by atoms with E-state index in [9.17, 15) is 4.79 Å². The smallest absolute Gasteiger partial charge is 0.310 e. The summed E-state index contributed by atoms with van der Waals surface area (Å²) >= 11 is 0. The first-order valence-corrected chi connectivity index (χ1v) is 5.80. The molecule has 0 spiro atoms. The standard InChI is InChI=1S/C12H23NO2/c1-9-10(5-7-13-9)11(14)15-8-6-12(2,3)4/h9-10,13H,5-8H2,1-4H3. The largest absolute Gasteiger partial charge is 0.465 e. The van der Waals surface area contributed by atoms with Gasteiger partial charge in [-0.2, -0.15) is 0 Å². The van der Waals surface area contributed by atoms with E-state index in [0.717, 1.165) is 19.4 Å². The second-order valence-electron chi connectivity index (χ2n) is 5.62. The van der Waals surface area contributed by atoms with Gasteiger partial charge in [-0.25, -0.2) is 0 Å². The third-order valence-electron chi connectivity index (χ3n) is 2.92. The Kier molecular flexibility index (Phi) is 4.14. The predicted octanol–water partition coefficient (Wildman–Crippen LogP) is 1.96. The van der Waals surface area contributed by atoms with Crippen molar-refractivity contribution in [1.29, 1.82) is 0 Å². The van der Waals surface area contributed by atoms with Crippen LogP contribution < -0.4 is 5.32 Å². The van der Waals surface area contributed by atoms with E-state index < -0.39 is 0 Å². The zero-order valence-corrected chi connectivity index (χ0v) is 10.3. The van der Waals surface area contributed by atoms with Gasteiger partial charge in [0.2, 0.25) is 0 Å². The molecule has 0 aliphatic carbocycles. The Balaban J connectivity index is 2.24. The lowest BCUT2D eigenvalue weighted by Gasteiger charge is -2.19. The molecule has 0 aromatic rings. The zero-order chi connectivity index (χ0) is 11.5. The minimum Gasteiger partial charge on any atom is -0.465 e. The van der Waals surface area contributed by atoms with Crippen LogP contribution in [0.4, 0.5) is 0 Å². The summed E-state index contributed by atoms with van der Waals surface area (Å²) in [6.45, 7) is 9.98. The SMILES string of the molecule is CC1NCCC1C(=O)OCCC(C)(C)C. The van der Waals surface area contributed by atoms with Gasteiger partial charge in [0.05, 0.1) is 12.5 Å². The summed E-state index contributed by atoms with van der Waals surface area (Å²) in [6, 6.07) is 0.270. The van der Waals surface area contributed by atoms with E-state index in [1.165, 1.54) is 0 Å². The van der Waals surface area contributed by atoms with Crippen LogP contribution in [0.2, 0.25) is 0 Å². The van der Waals surface area contributed by atoms with Crippen molar-refractivity contribution in [2.24, 2.45) is 11.3 Å². The Hall–Kier alpha value is -0.570. The Bertz CT molecular complexity index is 220. The van der Waals surface area contributed by atoms with Crippen molar-refractivity contribution in [2.45, 2.75) is 46.6 Å². The molecule has 0 radical (unpaired) electrons. The maximum Gasteiger partial charge on any atom is 0.310 e. The average molecular weight is 213 g/mol. The van der Waals surface area contributed by atoms with Crippen LogP contribution in [0.15, 0.2) is 0 Å². The third-order valence-corrected chi connectivity index (χ3v) is 2.92. The summed E-state index contributed by atoms with van der Waals surface area (Å²) in [6.07, 6.45) is 1.84. The average Bonchev–Trinajstić information content (AvgIpc) is 2.48. The minimum atomic E-state index is -0.0308. The van der Waals surface area contributed by atoms with Crippen LogP contribution in [0.5, 0.6) is 0 Å². The van der Waals surface area contributed by atoms with Crippen LogP contribution in [0.1, 0.15) is 40.5 Å². The number of hydrogen-bond donors (Lipinski definition) is 1. The summed E-state index contributed by atoms with van der Waals surface area (Å²) in [5, 5.41) is 3.26. The molecular weight excluding hydrogens is 190 g/mol. The molecule has 1 rings (SSSR count). The summed E-state index contributed by atoms with van der Waals surface area (Å²) in [5.41, 5.74) is 0.236. The number of carbonyl (C=O) groups is 1. The fraction of sp³-hybridized carbons (Fsp3) is 0.917. The molecule has 1 heterocycles. The van der Waals surface area contributed by atoms with Crippen LogP contribution in [0, 0.1) is 11.3 Å². The monoisotopic (exact) mass is 213 g/mol. The fourth-order valence-corrected chi connectivity index (χ4v) is 1.75. The lowest BCUT2D eigenvalue weighted by Crippen LogP contribution is -2.30. The molecule has 0 saturated carbocycles. The Morgan fingerprint density at radius 1 is 1.47 bits per heavy atom. The quantitative estimate of drug-likeness (QED) is 0.728. The summed E-state index contributed by atoms with van der Waals surface area (Å²) < 4.78 is 5.29.